The van der Waals surface area contributed by atoms with Gasteiger partial charge in [-0.25, -0.2) is 9.37 Å². The third-order valence-corrected chi connectivity index (χ3v) is 3.23. The molecular weight excluding hydrogens is 255 g/mol. The maximum absolute atomic E-state index is 13.7. The molecule has 3 rings (SSSR count). The zero-order chi connectivity index (χ0) is 13.9. The lowest BCUT2D eigenvalue weighted by molar-refractivity contribution is 0.593. The van der Waals surface area contributed by atoms with Gasteiger partial charge in [0, 0.05) is 0 Å². The van der Waals surface area contributed by atoms with Crippen molar-refractivity contribution < 1.29 is 8.81 Å². The molecule has 3 aromatic rings. The summed E-state index contributed by atoms with van der Waals surface area (Å²) < 4.78 is 19.4. The Morgan fingerprint density at radius 1 is 1.15 bits per heavy atom. The van der Waals surface area contributed by atoms with Crippen molar-refractivity contribution in [3.63, 3.8) is 0 Å². The van der Waals surface area contributed by atoms with Crippen molar-refractivity contribution in [1.82, 2.24) is 4.98 Å². The number of aryl methyl sites for hydroxylation is 1. The highest BCUT2D eigenvalue weighted by molar-refractivity contribution is 5.77. The molecule has 20 heavy (non-hydrogen) atoms. The number of rotatable bonds is 4. The van der Waals surface area contributed by atoms with E-state index in [0.717, 1.165) is 23.9 Å². The Morgan fingerprint density at radius 2 is 2.00 bits per heavy atom. The van der Waals surface area contributed by atoms with E-state index in [-0.39, 0.29) is 5.82 Å². The molecular formula is C16H15FN2O. The Bertz CT molecular complexity index is 736. The highest BCUT2D eigenvalue weighted by atomic mass is 19.1. The van der Waals surface area contributed by atoms with Crippen LogP contribution in [0.1, 0.15) is 12.0 Å². The first-order valence-corrected chi connectivity index (χ1v) is 6.62. The van der Waals surface area contributed by atoms with Crippen LogP contribution in [-0.4, -0.2) is 11.5 Å². The van der Waals surface area contributed by atoms with Gasteiger partial charge in [-0.15, -0.1) is 0 Å². The molecule has 0 radical (unpaired) electrons. The number of benzene rings is 2. The van der Waals surface area contributed by atoms with E-state index in [1.807, 2.05) is 18.2 Å². The number of halogens is 1. The van der Waals surface area contributed by atoms with E-state index in [0.29, 0.717) is 23.6 Å². The highest BCUT2D eigenvalue weighted by Crippen LogP contribution is 2.26. The summed E-state index contributed by atoms with van der Waals surface area (Å²) >= 11 is 0. The number of aromatic nitrogens is 1. The summed E-state index contributed by atoms with van der Waals surface area (Å²) in [5, 5.41) is 0. The summed E-state index contributed by atoms with van der Waals surface area (Å²) in [5.41, 5.74) is 8.47. The standard InChI is InChI=1S/C16H15FN2O/c17-13-6-2-1-5-12(13)16-19-14-10-11(4-3-9-18)7-8-15(14)20-16/h1-2,5-8,10H,3-4,9,18H2. The first kappa shape index (κ1) is 12.8. The smallest absolute Gasteiger partial charge is 0.230 e. The molecule has 3 nitrogen and oxygen atoms in total. The largest absolute Gasteiger partial charge is 0.436 e. The van der Waals surface area contributed by atoms with Crippen LogP contribution < -0.4 is 5.73 Å². The van der Waals surface area contributed by atoms with Gasteiger partial charge in [0.05, 0.1) is 5.56 Å². The van der Waals surface area contributed by atoms with Crippen LogP contribution in [0.3, 0.4) is 0 Å². The van der Waals surface area contributed by atoms with E-state index in [4.69, 9.17) is 10.2 Å². The topological polar surface area (TPSA) is 52.0 Å². The molecule has 2 N–H and O–H groups in total. The number of fused-ring (bicyclic) bond motifs is 1. The summed E-state index contributed by atoms with van der Waals surface area (Å²) in [6.07, 6.45) is 1.85. The lowest BCUT2D eigenvalue weighted by Gasteiger charge is -1.97. The zero-order valence-corrected chi connectivity index (χ0v) is 11.0. The van der Waals surface area contributed by atoms with Gasteiger partial charge < -0.3 is 10.2 Å². The van der Waals surface area contributed by atoms with Gasteiger partial charge in [0.25, 0.3) is 0 Å². The second-order valence-corrected chi connectivity index (χ2v) is 4.69. The number of hydrogen-bond donors (Lipinski definition) is 1. The maximum Gasteiger partial charge on any atom is 0.230 e. The van der Waals surface area contributed by atoms with Crippen molar-refractivity contribution in [2.75, 3.05) is 6.54 Å². The summed E-state index contributed by atoms with van der Waals surface area (Å²) in [7, 11) is 0. The predicted molar refractivity (Wildman–Crippen MR) is 76.8 cm³/mol. The zero-order valence-electron chi connectivity index (χ0n) is 11.0. The van der Waals surface area contributed by atoms with Crippen LogP contribution in [0.2, 0.25) is 0 Å². The van der Waals surface area contributed by atoms with Gasteiger partial charge >= 0.3 is 0 Å². The molecule has 0 aliphatic carbocycles. The van der Waals surface area contributed by atoms with Crippen molar-refractivity contribution in [2.24, 2.45) is 5.73 Å². The second-order valence-electron chi connectivity index (χ2n) is 4.69. The second kappa shape index (κ2) is 5.43. The van der Waals surface area contributed by atoms with Crippen molar-refractivity contribution in [3.05, 3.63) is 53.8 Å². The molecule has 1 aromatic heterocycles. The number of nitrogens with zero attached hydrogens (tertiary/aromatic N) is 1. The molecule has 0 saturated carbocycles. The van der Waals surface area contributed by atoms with Crippen LogP contribution in [0.15, 0.2) is 46.9 Å². The van der Waals surface area contributed by atoms with E-state index < -0.39 is 0 Å². The summed E-state index contributed by atoms with van der Waals surface area (Å²) in [6, 6.07) is 12.3. The van der Waals surface area contributed by atoms with Crippen molar-refractivity contribution in [2.45, 2.75) is 12.8 Å². The molecule has 0 bridgehead atoms. The van der Waals surface area contributed by atoms with E-state index >= 15 is 0 Å². The fourth-order valence-corrected chi connectivity index (χ4v) is 2.18. The van der Waals surface area contributed by atoms with Crippen LogP contribution in [0.4, 0.5) is 4.39 Å². The fourth-order valence-electron chi connectivity index (χ4n) is 2.18. The molecule has 0 aliphatic rings. The molecule has 0 aliphatic heterocycles. The molecule has 0 unspecified atom stereocenters. The molecule has 1 heterocycles. The minimum atomic E-state index is -0.331. The minimum absolute atomic E-state index is 0.314. The van der Waals surface area contributed by atoms with Crippen molar-refractivity contribution in [1.29, 1.82) is 0 Å². The molecule has 2 aromatic carbocycles. The molecule has 0 spiro atoms. The van der Waals surface area contributed by atoms with Crippen LogP contribution in [-0.2, 0) is 6.42 Å². The van der Waals surface area contributed by atoms with Gasteiger partial charge in [-0.3, -0.25) is 0 Å². The van der Waals surface area contributed by atoms with Gasteiger partial charge in [-0.05, 0) is 49.2 Å². The normalized spacial score (nSPS) is 11.1. The Hall–Kier alpha value is -2.20. The third-order valence-electron chi connectivity index (χ3n) is 3.23. The maximum atomic E-state index is 13.7. The minimum Gasteiger partial charge on any atom is -0.436 e. The molecule has 0 fully saturated rings. The number of nitrogens with two attached hydrogens (primary N) is 1. The molecule has 0 amide bonds. The Labute approximate surface area is 116 Å². The molecule has 4 heteroatoms. The van der Waals surface area contributed by atoms with Crippen LogP contribution in [0.5, 0.6) is 0 Å². The SMILES string of the molecule is NCCCc1ccc2oc(-c3ccccc3F)nc2c1. The number of hydrogen-bond acceptors (Lipinski definition) is 3. The Morgan fingerprint density at radius 3 is 2.80 bits per heavy atom. The Kier molecular flexibility index (Phi) is 3.48. The molecule has 102 valence electrons. The quantitative estimate of drug-likeness (QED) is 0.789. The van der Waals surface area contributed by atoms with Gasteiger partial charge in [0.1, 0.15) is 11.3 Å². The summed E-state index contributed by atoms with van der Waals surface area (Å²) in [6.45, 7) is 0.664. The van der Waals surface area contributed by atoms with Crippen molar-refractivity contribution in [3.8, 4) is 11.5 Å². The average Bonchev–Trinajstić information content (AvgIpc) is 2.88. The van der Waals surface area contributed by atoms with Gasteiger partial charge in [-0.1, -0.05) is 18.2 Å². The summed E-state index contributed by atoms with van der Waals surface area (Å²) in [5.74, 6) is -0.0171. The number of oxazole rings is 1. The Balaban J connectivity index is 2.00. The summed E-state index contributed by atoms with van der Waals surface area (Å²) in [4.78, 5) is 4.37. The molecule has 0 atom stereocenters. The third kappa shape index (κ3) is 2.42. The van der Waals surface area contributed by atoms with Gasteiger partial charge in [-0.2, -0.15) is 0 Å². The molecule has 0 saturated heterocycles. The highest BCUT2D eigenvalue weighted by Gasteiger charge is 2.12. The fraction of sp³-hybridized carbons (Fsp3) is 0.188. The predicted octanol–water partition coefficient (Wildman–Crippen LogP) is 3.53. The van der Waals surface area contributed by atoms with Crippen molar-refractivity contribution >= 4 is 11.1 Å². The monoisotopic (exact) mass is 270 g/mol. The van der Waals surface area contributed by atoms with Gasteiger partial charge in [0.2, 0.25) is 5.89 Å². The van der Waals surface area contributed by atoms with E-state index in [1.165, 1.54) is 6.07 Å². The first-order chi connectivity index (χ1) is 9.78. The van der Waals surface area contributed by atoms with E-state index in [2.05, 4.69) is 4.98 Å². The van der Waals surface area contributed by atoms with Crippen LogP contribution in [0.25, 0.3) is 22.6 Å². The first-order valence-electron chi connectivity index (χ1n) is 6.62. The van der Waals surface area contributed by atoms with Gasteiger partial charge in [0.15, 0.2) is 5.58 Å². The van der Waals surface area contributed by atoms with Crippen LogP contribution >= 0.6 is 0 Å². The van der Waals surface area contributed by atoms with E-state index in [1.54, 1.807) is 18.2 Å². The lowest BCUT2D eigenvalue weighted by Crippen LogP contribution is -2.00. The van der Waals surface area contributed by atoms with Crippen LogP contribution in [0, 0.1) is 5.82 Å². The lowest BCUT2D eigenvalue weighted by atomic mass is 10.1. The average molecular weight is 270 g/mol. The van der Waals surface area contributed by atoms with E-state index in [9.17, 15) is 4.39 Å².